The highest BCUT2D eigenvalue weighted by Gasteiger charge is 2.24. The van der Waals surface area contributed by atoms with E-state index < -0.39 is 0 Å². The number of imidazole rings is 1. The molecular weight excluding hydrogens is 514 g/mol. The molecule has 4 aromatic heterocycles. The van der Waals surface area contributed by atoms with Gasteiger partial charge in [-0.25, -0.2) is 4.98 Å². The van der Waals surface area contributed by atoms with Crippen LogP contribution in [0.3, 0.4) is 0 Å². The van der Waals surface area contributed by atoms with E-state index in [1.807, 2.05) is 64.1 Å². The number of hydrogen-bond acceptors (Lipinski definition) is 3. The Morgan fingerprint density at radius 1 is 0.524 bits per heavy atom. The van der Waals surface area contributed by atoms with Crippen molar-refractivity contribution in [1.82, 2.24) is 13.8 Å². The van der Waals surface area contributed by atoms with Gasteiger partial charge in [0.1, 0.15) is 5.65 Å². The van der Waals surface area contributed by atoms with Gasteiger partial charge < -0.3 is 4.40 Å². The molecule has 9 aromatic rings. The SMILES string of the molecule is CC.CC.N#Cc1ccc2c3cc4c5ccccc5n5c6ccccc6nc5c4c4c5ccc(C#N)cc5n(c2c1)c34. The van der Waals surface area contributed by atoms with Crippen molar-refractivity contribution >= 4 is 76.5 Å². The zero-order chi connectivity index (χ0) is 29.1. The quantitative estimate of drug-likeness (QED) is 0.179. The average molecular weight is 542 g/mol. The standard InChI is InChI=1S/C33H15N5.2C2H6/c34-16-18-9-11-21-24-15-23-20-5-1-3-7-26(20)38-27-8-4-2-6-25(27)36-33(38)31(23)30-22-12-10-19(17-35)14-29(22)37(32(24)30)28(21)13-18;2*1-2/h1-15H;2*1-2H3. The molecule has 0 unspecified atom stereocenters. The van der Waals surface area contributed by atoms with Crippen LogP contribution in [0.15, 0.2) is 91.0 Å². The van der Waals surface area contributed by atoms with E-state index in [0.29, 0.717) is 11.1 Å². The monoisotopic (exact) mass is 541 g/mol. The molecule has 0 bridgehead atoms. The van der Waals surface area contributed by atoms with Gasteiger partial charge in [-0.05, 0) is 53.9 Å². The molecule has 5 aromatic carbocycles. The van der Waals surface area contributed by atoms with Gasteiger partial charge in [-0.2, -0.15) is 10.5 Å². The summed E-state index contributed by atoms with van der Waals surface area (Å²) in [5.41, 5.74) is 8.31. The maximum absolute atomic E-state index is 9.72. The zero-order valence-electron chi connectivity index (χ0n) is 23.9. The van der Waals surface area contributed by atoms with Crippen molar-refractivity contribution in [2.75, 3.05) is 0 Å². The lowest BCUT2D eigenvalue weighted by Crippen LogP contribution is -1.92. The van der Waals surface area contributed by atoms with Gasteiger partial charge >= 0.3 is 0 Å². The van der Waals surface area contributed by atoms with E-state index in [0.717, 1.165) is 76.5 Å². The Kier molecular flexibility index (Phi) is 5.71. The summed E-state index contributed by atoms with van der Waals surface area (Å²) in [6, 6.07) is 35.5. The lowest BCUT2D eigenvalue weighted by Gasteiger charge is -2.11. The molecule has 0 atom stereocenters. The van der Waals surface area contributed by atoms with Gasteiger partial charge in [0.15, 0.2) is 0 Å². The highest BCUT2D eigenvalue weighted by molar-refractivity contribution is 6.36. The average Bonchev–Trinajstić information content (AvgIpc) is 3.72. The third-order valence-corrected chi connectivity index (χ3v) is 8.04. The van der Waals surface area contributed by atoms with Crippen molar-refractivity contribution in [2.24, 2.45) is 0 Å². The van der Waals surface area contributed by atoms with E-state index in [-0.39, 0.29) is 0 Å². The first-order chi connectivity index (χ1) is 20.8. The zero-order valence-corrected chi connectivity index (χ0v) is 23.9. The molecule has 0 N–H and O–H groups in total. The summed E-state index contributed by atoms with van der Waals surface area (Å²) >= 11 is 0. The number of pyridine rings is 1. The van der Waals surface area contributed by atoms with E-state index in [9.17, 15) is 10.5 Å². The van der Waals surface area contributed by atoms with E-state index in [4.69, 9.17) is 4.98 Å². The minimum absolute atomic E-state index is 0.606. The molecule has 42 heavy (non-hydrogen) atoms. The van der Waals surface area contributed by atoms with Gasteiger partial charge in [0.2, 0.25) is 0 Å². The summed E-state index contributed by atoms with van der Waals surface area (Å²) in [5, 5.41) is 27.2. The number of aromatic nitrogens is 3. The summed E-state index contributed by atoms with van der Waals surface area (Å²) < 4.78 is 4.50. The van der Waals surface area contributed by atoms with Crippen molar-refractivity contribution in [3.05, 3.63) is 102 Å². The second-order valence-electron chi connectivity index (χ2n) is 9.87. The highest BCUT2D eigenvalue weighted by atomic mass is 15.0. The normalized spacial score (nSPS) is 11.3. The molecule has 0 aliphatic rings. The minimum Gasteiger partial charge on any atom is -0.308 e. The van der Waals surface area contributed by atoms with Crippen LogP contribution in [0.4, 0.5) is 0 Å². The van der Waals surface area contributed by atoms with Gasteiger partial charge in [-0.15, -0.1) is 0 Å². The lowest BCUT2D eigenvalue weighted by molar-refractivity contribution is 1.32. The number of nitriles is 2. The Morgan fingerprint density at radius 2 is 1.12 bits per heavy atom. The third-order valence-electron chi connectivity index (χ3n) is 8.04. The number of nitrogens with zero attached hydrogens (tertiary/aromatic N) is 5. The fourth-order valence-corrected chi connectivity index (χ4v) is 6.53. The van der Waals surface area contributed by atoms with Crippen molar-refractivity contribution < 1.29 is 0 Å². The van der Waals surface area contributed by atoms with Gasteiger partial charge in [-0.1, -0.05) is 70.2 Å². The molecule has 0 aliphatic carbocycles. The molecule has 0 saturated carbocycles. The molecular formula is C37H27N5. The van der Waals surface area contributed by atoms with Crippen LogP contribution in [-0.4, -0.2) is 13.8 Å². The van der Waals surface area contributed by atoms with Crippen molar-refractivity contribution in [1.29, 1.82) is 10.5 Å². The molecule has 4 heterocycles. The number of para-hydroxylation sites is 3. The van der Waals surface area contributed by atoms with Gasteiger partial charge in [-0.3, -0.25) is 4.40 Å². The topological polar surface area (TPSA) is 69.3 Å². The van der Waals surface area contributed by atoms with Gasteiger partial charge in [0, 0.05) is 32.3 Å². The number of hydrogen-bond donors (Lipinski definition) is 0. The van der Waals surface area contributed by atoms with E-state index in [2.05, 4.69) is 75.5 Å². The maximum Gasteiger partial charge on any atom is 0.147 e. The molecule has 0 saturated heterocycles. The summed E-state index contributed by atoms with van der Waals surface area (Å²) in [6.07, 6.45) is 0. The highest BCUT2D eigenvalue weighted by Crippen LogP contribution is 2.46. The second-order valence-corrected chi connectivity index (χ2v) is 9.87. The van der Waals surface area contributed by atoms with Crippen LogP contribution in [-0.2, 0) is 0 Å². The Hall–Kier alpha value is -5.65. The Balaban J connectivity index is 0.000000693. The first kappa shape index (κ1) is 25.3. The van der Waals surface area contributed by atoms with Crippen LogP contribution in [0.2, 0.25) is 0 Å². The smallest absolute Gasteiger partial charge is 0.147 e. The molecule has 5 heteroatoms. The summed E-state index contributed by atoms with van der Waals surface area (Å²) in [7, 11) is 0. The van der Waals surface area contributed by atoms with Crippen LogP contribution >= 0.6 is 0 Å². The predicted molar refractivity (Wildman–Crippen MR) is 174 cm³/mol. The van der Waals surface area contributed by atoms with E-state index >= 15 is 0 Å². The molecule has 0 amide bonds. The van der Waals surface area contributed by atoms with Crippen LogP contribution in [0.1, 0.15) is 38.8 Å². The Bertz CT molecular complexity index is 2590. The first-order valence-corrected chi connectivity index (χ1v) is 14.4. The predicted octanol–water partition coefficient (Wildman–Crippen LogP) is 9.74. The minimum atomic E-state index is 0.606. The molecule has 200 valence electrons. The summed E-state index contributed by atoms with van der Waals surface area (Å²) in [4.78, 5) is 5.18. The number of rotatable bonds is 0. The van der Waals surface area contributed by atoms with Crippen molar-refractivity contribution in [3.8, 4) is 12.1 Å². The van der Waals surface area contributed by atoms with Crippen LogP contribution in [0.5, 0.6) is 0 Å². The number of fused-ring (bicyclic) bond motifs is 15. The number of benzene rings is 5. The van der Waals surface area contributed by atoms with Crippen LogP contribution in [0, 0.1) is 22.7 Å². The fourth-order valence-electron chi connectivity index (χ4n) is 6.53. The molecule has 9 rings (SSSR count). The Morgan fingerprint density at radius 3 is 1.83 bits per heavy atom. The maximum atomic E-state index is 9.72. The van der Waals surface area contributed by atoms with E-state index in [1.54, 1.807) is 0 Å². The van der Waals surface area contributed by atoms with Crippen molar-refractivity contribution in [3.63, 3.8) is 0 Å². The lowest BCUT2D eigenvalue weighted by atomic mass is 9.97. The molecule has 5 nitrogen and oxygen atoms in total. The largest absolute Gasteiger partial charge is 0.308 e. The summed E-state index contributed by atoms with van der Waals surface area (Å²) in [6.45, 7) is 8.00. The molecule has 0 radical (unpaired) electrons. The van der Waals surface area contributed by atoms with Crippen LogP contribution < -0.4 is 0 Å². The van der Waals surface area contributed by atoms with E-state index in [1.165, 1.54) is 0 Å². The third kappa shape index (κ3) is 3.14. The molecule has 0 spiro atoms. The molecule has 0 fully saturated rings. The van der Waals surface area contributed by atoms with Gasteiger partial charge in [0.25, 0.3) is 0 Å². The van der Waals surface area contributed by atoms with Gasteiger partial charge in [0.05, 0.1) is 56.4 Å². The van der Waals surface area contributed by atoms with Crippen molar-refractivity contribution in [2.45, 2.75) is 27.7 Å². The first-order valence-electron chi connectivity index (χ1n) is 14.4. The van der Waals surface area contributed by atoms with Crippen LogP contribution in [0.25, 0.3) is 76.5 Å². The second kappa shape index (κ2) is 9.47. The molecule has 0 aliphatic heterocycles. The summed E-state index contributed by atoms with van der Waals surface area (Å²) in [5.74, 6) is 0. The fraction of sp³-hybridized carbons (Fsp3) is 0.108. The Labute approximate surface area is 242 Å².